The van der Waals surface area contributed by atoms with Crippen LogP contribution in [0.15, 0.2) is 45.1 Å². The van der Waals surface area contributed by atoms with Crippen molar-refractivity contribution in [3.63, 3.8) is 0 Å². The third-order valence-electron chi connectivity index (χ3n) is 9.27. The van der Waals surface area contributed by atoms with Crippen LogP contribution in [0.2, 0.25) is 0 Å². The van der Waals surface area contributed by atoms with E-state index >= 15 is 0 Å². The Morgan fingerprint density at radius 1 is 1.18 bits per heavy atom. The molecule has 1 aromatic carbocycles. The van der Waals surface area contributed by atoms with Gasteiger partial charge in [-0.3, -0.25) is 9.69 Å². The lowest BCUT2D eigenvalue weighted by Crippen LogP contribution is -2.60. The third-order valence-corrected chi connectivity index (χ3v) is 9.27. The molecule has 4 heterocycles. The van der Waals surface area contributed by atoms with E-state index in [1.165, 1.54) is 37.8 Å². The third kappa shape index (κ3) is 4.51. The molecule has 0 spiro atoms. The fourth-order valence-electron chi connectivity index (χ4n) is 7.66. The average Bonchev–Trinajstić information content (AvgIpc) is 2.89. The second-order valence-electron chi connectivity index (χ2n) is 12.1. The number of nitrogens with zero attached hydrogens (tertiary/aromatic N) is 2. The summed E-state index contributed by atoms with van der Waals surface area (Å²) < 4.78 is 11.8. The van der Waals surface area contributed by atoms with Crippen LogP contribution in [0.25, 0.3) is 11.0 Å². The van der Waals surface area contributed by atoms with E-state index in [1.54, 1.807) is 0 Å². The lowest BCUT2D eigenvalue weighted by atomic mass is 9.68. The molecule has 2 bridgehead atoms. The van der Waals surface area contributed by atoms with E-state index in [-0.39, 0.29) is 18.4 Å². The number of fused-ring (bicyclic) bond motifs is 7. The summed E-state index contributed by atoms with van der Waals surface area (Å²) in [5.74, 6) is 1.81. The van der Waals surface area contributed by atoms with E-state index in [1.807, 2.05) is 32.9 Å². The predicted molar refractivity (Wildman–Crippen MR) is 150 cm³/mol. The fraction of sp³-hybridized carbons (Fsp3) is 0.562. The molecule has 6 nitrogen and oxygen atoms in total. The van der Waals surface area contributed by atoms with E-state index in [4.69, 9.17) is 9.15 Å². The van der Waals surface area contributed by atoms with Gasteiger partial charge in [-0.2, -0.15) is 0 Å². The molecule has 6 rings (SSSR count). The highest BCUT2D eigenvalue weighted by Gasteiger charge is 2.46. The highest BCUT2D eigenvalue weighted by molar-refractivity contribution is 5.90. The molecule has 6 heteroatoms. The molecule has 1 aliphatic carbocycles. The van der Waals surface area contributed by atoms with Gasteiger partial charge in [0.2, 0.25) is 5.91 Å². The number of carbonyl (C=O) groups excluding carboxylic acids is 1. The van der Waals surface area contributed by atoms with E-state index < -0.39 is 5.63 Å². The van der Waals surface area contributed by atoms with E-state index in [9.17, 15) is 9.59 Å². The first-order chi connectivity index (χ1) is 18.3. The number of carbonyl (C=O) groups is 1. The van der Waals surface area contributed by atoms with Crippen molar-refractivity contribution >= 4 is 16.9 Å². The number of amides is 1. The van der Waals surface area contributed by atoms with E-state index in [0.29, 0.717) is 41.4 Å². The first-order valence-corrected chi connectivity index (χ1v) is 14.4. The molecule has 0 saturated carbocycles. The summed E-state index contributed by atoms with van der Waals surface area (Å²) in [5.41, 5.74) is 4.61. The number of benzene rings is 1. The molecule has 4 atom stereocenters. The molecular formula is C32H40N2O4. The Hall–Kier alpha value is -2.86. The average molecular weight is 517 g/mol. The summed E-state index contributed by atoms with van der Waals surface area (Å²) in [5, 5.41) is 0.766. The van der Waals surface area contributed by atoms with E-state index in [0.717, 1.165) is 48.0 Å². The minimum absolute atomic E-state index is 0.0334. The standard InChI is InChI=1S/C32H40N2O4/c1-19(2)18-37-27-12-20(3)13-28-30(27)21(4)25(32(36)38-28)16-29(35)34-11-7-8-22-14-23-15-24(31(22)34)17-33-10-6-5-9-26(23)33/h12-14,23-24,26,31H,1,5-11,15-18H2,2-4H3/t23-,24+,26-,31-/m1/s1. The molecule has 0 unspecified atom stereocenters. The molecule has 202 valence electrons. The van der Waals surface area contributed by atoms with Crippen LogP contribution in [-0.2, 0) is 11.2 Å². The van der Waals surface area contributed by atoms with Crippen molar-refractivity contribution in [2.24, 2.45) is 11.8 Å². The molecule has 38 heavy (non-hydrogen) atoms. The van der Waals surface area contributed by atoms with Gasteiger partial charge in [-0.25, -0.2) is 4.79 Å². The van der Waals surface area contributed by atoms with Gasteiger partial charge in [-0.15, -0.1) is 0 Å². The topological polar surface area (TPSA) is 63.0 Å². The van der Waals surface area contributed by atoms with Crippen LogP contribution in [0.3, 0.4) is 0 Å². The summed E-state index contributed by atoms with van der Waals surface area (Å²) in [6.07, 6.45) is 9.79. The summed E-state index contributed by atoms with van der Waals surface area (Å²) in [6, 6.07) is 4.68. The Kier molecular flexibility index (Phi) is 6.71. The normalized spacial score (nSPS) is 26.9. The predicted octanol–water partition coefficient (Wildman–Crippen LogP) is 5.33. The number of ether oxygens (including phenoxy) is 1. The van der Waals surface area contributed by atoms with Crippen molar-refractivity contribution in [1.29, 1.82) is 0 Å². The van der Waals surface area contributed by atoms with Crippen LogP contribution in [0.1, 0.15) is 62.1 Å². The number of hydrogen-bond acceptors (Lipinski definition) is 5. The Balaban J connectivity index is 1.31. The summed E-state index contributed by atoms with van der Waals surface area (Å²) in [7, 11) is 0. The van der Waals surface area contributed by atoms with Crippen LogP contribution in [0.4, 0.5) is 0 Å². The lowest BCUT2D eigenvalue weighted by Gasteiger charge is -2.54. The first kappa shape index (κ1) is 25.4. The van der Waals surface area contributed by atoms with Crippen LogP contribution in [0.5, 0.6) is 5.75 Å². The zero-order chi connectivity index (χ0) is 26.6. The van der Waals surface area contributed by atoms with Crippen LogP contribution >= 0.6 is 0 Å². The van der Waals surface area contributed by atoms with Crippen LogP contribution in [-0.4, -0.2) is 54.0 Å². The van der Waals surface area contributed by atoms with Crippen molar-refractivity contribution in [1.82, 2.24) is 9.80 Å². The zero-order valence-corrected chi connectivity index (χ0v) is 23.1. The van der Waals surface area contributed by atoms with Crippen molar-refractivity contribution in [3.8, 4) is 5.75 Å². The maximum atomic E-state index is 13.9. The lowest BCUT2D eigenvalue weighted by molar-refractivity contribution is -0.135. The smallest absolute Gasteiger partial charge is 0.340 e. The van der Waals surface area contributed by atoms with Gasteiger partial charge in [-0.1, -0.05) is 24.6 Å². The maximum absolute atomic E-state index is 13.9. The Morgan fingerprint density at radius 2 is 2.03 bits per heavy atom. The van der Waals surface area contributed by atoms with Crippen LogP contribution in [0, 0.1) is 25.7 Å². The van der Waals surface area contributed by atoms with Crippen molar-refractivity contribution in [2.75, 3.05) is 26.2 Å². The zero-order valence-electron chi connectivity index (χ0n) is 23.1. The highest BCUT2D eigenvalue weighted by Crippen LogP contribution is 2.45. The van der Waals surface area contributed by atoms with Gasteiger partial charge in [0, 0.05) is 19.1 Å². The Morgan fingerprint density at radius 3 is 2.84 bits per heavy atom. The van der Waals surface area contributed by atoms with Crippen molar-refractivity contribution in [3.05, 3.63) is 63.0 Å². The molecule has 0 N–H and O–H groups in total. The molecule has 0 radical (unpaired) electrons. The second kappa shape index (κ2) is 10.0. The molecule has 4 aliphatic rings. The van der Waals surface area contributed by atoms with Gasteiger partial charge in [0.1, 0.15) is 17.9 Å². The van der Waals surface area contributed by atoms with Gasteiger partial charge in [0.15, 0.2) is 0 Å². The first-order valence-electron chi connectivity index (χ1n) is 14.4. The van der Waals surface area contributed by atoms with Crippen molar-refractivity contribution in [2.45, 2.75) is 77.8 Å². The fourth-order valence-corrected chi connectivity index (χ4v) is 7.66. The monoisotopic (exact) mass is 516 g/mol. The number of aryl methyl sites for hydroxylation is 2. The number of piperidine rings is 3. The van der Waals surface area contributed by atoms with E-state index in [2.05, 4.69) is 22.5 Å². The minimum atomic E-state index is -0.426. The van der Waals surface area contributed by atoms with Gasteiger partial charge >= 0.3 is 5.63 Å². The SMILES string of the molecule is C=C(C)COc1cc(C)cc2oc(=O)c(CC(=O)N3CCCC4=C[C@@H]5C[C@@H](CN6CCCC[C@H]56)[C@@H]43)c(C)c12. The second-order valence-corrected chi connectivity index (χ2v) is 12.1. The summed E-state index contributed by atoms with van der Waals surface area (Å²) in [4.78, 5) is 31.9. The molecule has 1 amide bonds. The highest BCUT2D eigenvalue weighted by atomic mass is 16.5. The summed E-state index contributed by atoms with van der Waals surface area (Å²) in [6.45, 7) is 13.1. The number of likely N-dealkylation sites (tertiary alicyclic amines) is 1. The molecule has 3 aliphatic heterocycles. The van der Waals surface area contributed by atoms with Crippen molar-refractivity contribution < 1.29 is 13.9 Å². The number of hydrogen-bond donors (Lipinski definition) is 0. The van der Waals surface area contributed by atoms with Gasteiger partial charge in [-0.05, 0) is 100 Å². The molecule has 3 fully saturated rings. The molecule has 2 aromatic rings. The van der Waals surface area contributed by atoms with Gasteiger partial charge in [0.05, 0.1) is 23.4 Å². The van der Waals surface area contributed by atoms with Crippen LogP contribution < -0.4 is 10.4 Å². The summed E-state index contributed by atoms with van der Waals surface area (Å²) >= 11 is 0. The quantitative estimate of drug-likeness (QED) is 0.397. The molecule has 1 aromatic heterocycles. The van der Waals surface area contributed by atoms with Gasteiger partial charge < -0.3 is 14.1 Å². The Labute approximate surface area is 225 Å². The Bertz CT molecular complexity index is 1370. The number of rotatable bonds is 5. The molecular weight excluding hydrogens is 476 g/mol. The van der Waals surface area contributed by atoms with Gasteiger partial charge in [0.25, 0.3) is 0 Å². The molecule has 3 saturated heterocycles. The minimum Gasteiger partial charge on any atom is -0.488 e. The maximum Gasteiger partial charge on any atom is 0.340 e. The largest absolute Gasteiger partial charge is 0.488 e.